The van der Waals surface area contributed by atoms with Crippen LogP contribution in [0.4, 0.5) is 8.78 Å². The summed E-state index contributed by atoms with van der Waals surface area (Å²) in [7, 11) is -7.85. The molecule has 0 radical (unpaired) electrons. The van der Waals surface area contributed by atoms with Crippen molar-refractivity contribution in [2.75, 3.05) is 12.4 Å². The maximum Gasteiger partial charge on any atom is 0.188 e. The van der Waals surface area contributed by atoms with E-state index in [1.165, 1.54) is 30.5 Å². The Morgan fingerprint density at radius 2 is 1.73 bits per heavy atom. The first-order valence-electron chi connectivity index (χ1n) is 11.9. The molecule has 0 N–H and O–H groups in total. The Morgan fingerprint density at radius 3 is 2.43 bits per heavy atom. The number of halogens is 3. The summed E-state index contributed by atoms with van der Waals surface area (Å²) in [5.74, 6) is -3.48. The third-order valence-corrected chi connectivity index (χ3v) is 11.9. The van der Waals surface area contributed by atoms with Gasteiger partial charge < -0.3 is 9.15 Å². The van der Waals surface area contributed by atoms with Gasteiger partial charge in [-0.05, 0) is 73.7 Å². The number of sulfone groups is 2. The maximum absolute atomic E-state index is 15.5. The fourth-order valence-electron chi connectivity index (χ4n) is 5.87. The summed E-state index contributed by atoms with van der Waals surface area (Å²) in [6.07, 6.45) is 2.53. The van der Waals surface area contributed by atoms with Gasteiger partial charge in [-0.2, -0.15) is 0 Å². The fraction of sp³-hybridized carbons (Fsp3) is 0.385. The summed E-state index contributed by atoms with van der Waals surface area (Å²) >= 11 is 5.98. The van der Waals surface area contributed by atoms with Crippen LogP contribution >= 0.6 is 11.6 Å². The maximum atomic E-state index is 15.5. The number of hydrogen-bond acceptors (Lipinski definition) is 6. The molecule has 3 atom stereocenters. The molecule has 5 rings (SSSR count). The lowest BCUT2D eigenvalue weighted by molar-refractivity contribution is 0.0735. The van der Waals surface area contributed by atoms with Crippen LogP contribution in [0.5, 0.6) is 5.75 Å². The fourth-order valence-corrected chi connectivity index (χ4v) is 9.85. The van der Waals surface area contributed by atoms with E-state index in [1.807, 2.05) is 0 Å². The Hall–Kier alpha value is -2.43. The first kappa shape index (κ1) is 26.2. The highest BCUT2D eigenvalue weighted by atomic mass is 35.5. The molecule has 1 aliphatic carbocycles. The van der Waals surface area contributed by atoms with E-state index >= 15 is 4.39 Å². The first-order chi connectivity index (χ1) is 17.5. The smallest absolute Gasteiger partial charge is 0.188 e. The number of hydrogen-bond donors (Lipinski definition) is 0. The van der Waals surface area contributed by atoms with Gasteiger partial charge in [0.05, 0.1) is 29.1 Å². The van der Waals surface area contributed by atoms with E-state index in [1.54, 1.807) is 12.1 Å². The third-order valence-electron chi connectivity index (χ3n) is 7.53. The van der Waals surface area contributed by atoms with Crippen molar-refractivity contribution in [2.24, 2.45) is 11.8 Å². The van der Waals surface area contributed by atoms with Crippen molar-refractivity contribution in [3.05, 3.63) is 82.8 Å². The molecule has 3 aromatic rings. The van der Waals surface area contributed by atoms with Crippen LogP contribution in [0.25, 0.3) is 0 Å². The second-order valence-electron chi connectivity index (χ2n) is 9.61. The lowest BCUT2D eigenvalue weighted by Crippen LogP contribution is -2.54. The highest BCUT2D eigenvalue weighted by Gasteiger charge is 2.60. The van der Waals surface area contributed by atoms with Crippen molar-refractivity contribution < 1.29 is 34.8 Å². The van der Waals surface area contributed by atoms with Gasteiger partial charge in [0.2, 0.25) is 0 Å². The quantitative estimate of drug-likeness (QED) is 0.362. The molecule has 11 heteroatoms. The molecule has 0 saturated heterocycles. The van der Waals surface area contributed by atoms with E-state index in [-0.39, 0.29) is 41.4 Å². The molecule has 2 heterocycles. The Labute approximate surface area is 219 Å². The summed E-state index contributed by atoms with van der Waals surface area (Å²) in [5, 5.41) is 0.334. The van der Waals surface area contributed by atoms with Gasteiger partial charge in [-0.15, -0.1) is 0 Å². The van der Waals surface area contributed by atoms with Gasteiger partial charge in [-0.25, -0.2) is 25.6 Å². The second-order valence-corrected chi connectivity index (χ2v) is 14.4. The van der Waals surface area contributed by atoms with Crippen LogP contribution in [0, 0.1) is 23.5 Å². The van der Waals surface area contributed by atoms with Crippen molar-refractivity contribution in [1.82, 2.24) is 0 Å². The lowest BCUT2D eigenvalue weighted by Gasteiger charge is -2.50. The van der Waals surface area contributed by atoms with Crippen molar-refractivity contribution in [1.29, 1.82) is 0 Å². The van der Waals surface area contributed by atoms with Crippen LogP contribution in [0.3, 0.4) is 0 Å². The molecular formula is C26H25ClF2O6S2. The van der Waals surface area contributed by atoms with Crippen LogP contribution in [0.15, 0.2) is 64.1 Å². The minimum absolute atomic E-state index is 0.0506. The van der Waals surface area contributed by atoms with Crippen LogP contribution < -0.4 is 4.74 Å². The zero-order valence-corrected chi connectivity index (χ0v) is 22.1. The van der Waals surface area contributed by atoms with Gasteiger partial charge in [-0.1, -0.05) is 18.0 Å². The molecule has 0 spiro atoms. The molecule has 2 aromatic carbocycles. The molecule has 198 valence electrons. The van der Waals surface area contributed by atoms with E-state index in [0.717, 1.165) is 12.1 Å². The Kier molecular flexibility index (Phi) is 6.87. The van der Waals surface area contributed by atoms with E-state index in [2.05, 4.69) is 0 Å². The number of benzene rings is 2. The highest BCUT2D eigenvalue weighted by molar-refractivity contribution is 7.92. The molecule has 2 aliphatic rings. The van der Waals surface area contributed by atoms with Gasteiger partial charge in [0.25, 0.3) is 0 Å². The van der Waals surface area contributed by atoms with Gasteiger partial charge >= 0.3 is 0 Å². The summed E-state index contributed by atoms with van der Waals surface area (Å²) < 4.78 is 93.5. The molecule has 0 bridgehead atoms. The predicted molar refractivity (Wildman–Crippen MR) is 134 cm³/mol. The normalized spacial score (nSPS) is 23.6. The summed E-state index contributed by atoms with van der Waals surface area (Å²) in [5.41, 5.74) is -0.318. The highest BCUT2D eigenvalue weighted by Crippen LogP contribution is 2.58. The molecule has 0 unspecified atom stereocenters. The molecule has 37 heavy (non-hydrogen) atoms. The van der Waals surface area contributed by atoms with Crippen molar-refractivity contribution >= 4 is 31.3 Å². The standard InChI is InChI=1S/C26H25ClF2O6S2/c27-18-5-7-20(8-6-18)37(32,33)26-12-1-3-17(11-14-36(30,31)16-19-4-2-13-34-19)21(26)15-35-25-23(29)10-9-22(28)24(25)26/h2,4-10,13,17,21H,1,3,11-12,14-16H2/t17-,21-,26-/m0/s1. The molecule has 1 aliphatic heterocycles. The van der Waals surface area contributed by atoms with Crippen LogP contribution in [-0.4, -0.2) is 29.2 Å². The minimum atomic E-state index is -4.29. The van der Waals surface area contributed by atoms with Crippen LogP contribution in [0.1, 0.15) is 37.0 Å². The lowest BCUT2D eigenvalue weighted by atomic mass is 9.66. The third kappa shape index (κ3) is 4.57. The van der Waals surface area contributed by atoms with Crippen LogP contribution in [-0.2, 0) is 30.2 Å². The zero-order valence-electron chi connectivity index (χ0n) is 19.7. The van der Waals surface area contributed by atoms with Gasteiger partial charge in [0, 0.05) is 10.9 Å². The number of furan rings is 1. The Morgan fingerprint density at radius 1 is 1.00 bits per heavy atom. The van der Waals surface area contributed by atoms with Crippen molar-refractivity contribution in [3.8, 4) is 5.75 Å². The number of rotatable bonds is 7. The monoisotopic (exact) mass is 570 g/mol. The first-order valence-corrected chi connectivity index (χ1v) is 15.6. The minimum Gasteiger partial charge on any atom is -0.490 e. The SMILES string of the molecule is O=S(=O)(CC[C@@H]1CCC[C@@]2(S(=O)(=O)c3ccc(Cl)cc3)c3c(F)ccc(F)c3OC[C@@H]12)Cc1ccco1. The van der Waals surface area contributed by atoms with Crippen molar-refractivity contribution in [2.45, 2.75) is 41.1 Å². The van der Waals surface area contributed by atoms with Gasteiger partial charge in [0.1, 0.15) is 22.1 Å². The number of ether oxygens (including phenoxy) is 1. The molecule has 6 nitrogen and oxygen atoms in total. The molecule has 0 amide bonds. The summed E-state index contributed by atoms with van der Waals surface area (Å²) in [6, 6.07) is 10.6. The average Bonchev–Trinajstić information content (AvgIpc) is 3.37. The van der Waals surface area contributed by atoms with E-state index in [0.29, 0.717) is 23.6 Å². The Balaban J connectivity index is 1.58. The van der Waals surface area contributed by atoms with Crippen LogP contribution in [0.2, 0.25) is 5.02 Å². The topological polar surface area (TPSA) is 90.7 Å². The predicted octanol–water partition coefficient (Wildman–Crippen LogP) is 5.69. The number of fused-ring (bicyclic) bond motifs is 3. The molecule has 1 aromatic heterocycles. The average molecular weight is 571 g/mol. The van der Waals surface area contributed by atoms with E-state index in [9.17, 15) is 21.2 Å². The zero-order chi connectivity index (χ0) is 26.4. The van der Waals surface area contributed by atoms with Gasteiger partial charge in [0.15, 0.2) is 31.2 Å². The second kappa shape index (κ2) is 9.71. The van der Waals surface area contributed by atoms with Crippen molar-refractivity contribution in [3.63, 3.8) is 0 Å². The molecule has 1 saturated carbocycles. The van der Waals surface area contributed by atoms with E-state index in [4.69, 9.17) is 20.8 Å². The van der Waals surface area contributed by atoms with E-state index < -0.39 is 53.6 Å². The summed E-state index contributed by atoms with van der Waals surface area (Å²) in [6.45, 7) is -0.177. The summed E-state index contributed by atoms with van der Waals surface area (Å²) in [4.78, 5) is -0.0653. The van der Waals surface area contributed by atoms with Gasteiger partial charge in [-0.3, -0.25) is 0 Å². The largest absolute Gasteiger partial charge is 0.490 e. The molecule has 1 fully saturated rings. The Bertz CT molecular complexity index is 1510. The molecular weight excluding hydrogens is 546 g/mol.